The number of carboxylic acid groups (broad SMARTS) is 1. The van der Waals surface area contributed by atoms with Crippen LogP contribution in [0.25, 0.3) is 0 Å². The smallest absolute Gasteiger partial charge is 0.336 e. The molecule has 0 bridgehead atoms. The SMILES string of the molecule is Cc1c(C(=O)O)ccc2c1N[C@@H](c1ccc(OCC#N)cc1)[C@H]1CC=C[C@H]21. The van der Waals surface area contributed by atoms with Crippen LogP contribution in [-0.4, -0.2) is 17.7 Å². The van der Waals surface area contributed by atoms with E-state index in [1.54, 1.807) is 6.07 Å². The van der Waals surface area contributed by atoms with Gasteiger partial charge in [0, 0.05) is 11.6 Å². The van der Waals surface area contributed by atoms with E-state index in [2.05, 4.69) is 17.5 Å². The fourth-order valence-corrected chi connectivity index (χ4v) is 4.26. The average molecular weight is 360 g/mol. The number of fused-ring (bicyclic) bond motifs is 3. The lowest BCUT2D eigenvalue weighted by Gasteiger charge is -2.38. The fraction of sp³-hybridized carbons (Fsp3) is 0.273. The van der Waals surface area contributed by atoms with Crippen molar-refractivity contribution >= 4 is 11.7 Å². The maximum absolute atomic E-state index is 11.5. The van der Waals surface area contributed by atoms with Crippen LogP contribution in [0.1, 0.15) is 45.4 Å². The molecule has 0 fully saturated rings. The maximum Gasteiger partial charge on any atom is 0.336 e. The summed E-state index contributed by atoms with van der Waals surface area (Å²) < 4.78 is 5.34. The highest BCUT2D eigenvalue weighted by Gasteiger charge is 2.38. The van der Waals surface area contributed by atoms with E-state index in [9.17, 15) is 9.90 Å². The van der Waals surface area contributed by atoms with E-state index in [0.29, 0.717) is 17.2 Å². The molecule has 2 N–H and O–H groups in total. The van der Waals surface area contributed by atoms with Crippen molar-refractivity contribution in [3.63, 3.8) is 0 Å². The Balaban J connectivity index is 1.71. The molecule has 0 saturated heterocycles. The van der Waals surface area contributed by atoms with Crippen LogP contribution in [0.5, 0.6) is 5.75 Å². The number of carboxylic acids is 1. The van der Waals surface area contributed by atoms with Crippen LogP contribution in [0.2, 0.25) is 0 Å². The van der Waals surface area contributed by atoms with Crippen molar-refractivity contribution in [3.05, 3.63) is 70.8 Å². The molecule has 27 heavy (non-hydrogen) atoms. The zero-order valence-electron chi connectivity index (χ0n) is 15.0. The van der Waals surface area contributed by atoms with Crippen LogP contribution in [0.4, 0.5) is 5.69 Å². The molecule has 1 aliphatic carbocycles. The van der Waals surface area contributed by atoms with Crippen LogP contribution in [-0.2, 0) is 0 Å². The van der Waals surface area contributed by atoms with Crippen molar-refractivity contribution in [1.82, 2.24) is 0 Å². The van der Waals surface area contributed by atoms with Crippen molar-refractivity contribution in [2.75, 3.05) is 11.9 Å². The second-order valence-electron chi connectivity index (χ2n) is 7.00. The third-order valence-corrected chi connectivity index (χ3v) is 5.57. The van der Waals surface area contributed by atoms with Crippen LogP contribution < -0.4 is 10.1 Å². The Hall–Kier alpha value is -3.26. The largest absolute Gasteiger partial charge is 0.479 e. The number of rotatable bonds is 4. The van der Waals surface area contributed by atoms with Crippen molar-refractivity contribution < 1.29 is 14.6 Å². The van der Waals surface area contributed by atoms with Gasteiger partial charge in [-0.1, -0.05) is 30.4 Å². The Kier molecular flexibility index (Phi) is 4.33. The van der Waals surface area contributed by atoms with Gasteiger partial charge in [0.2, 0.25) is 0 Å². The molecule has 2 aliphatic rings. The number of nitriles is 1. The standard InChI is InChI=1S/C22H20N2O3/c1-13-16(22(25)26)9-10-19-17-3-2-4-18(17)21(24-20(13)19)14-5-7-15(8-6-14)27-12-11-23/h2-3,5-10,17-18,21,24H,4,12H2,1H3,(H,25,26)/t17-,18-,21-/m0/s1. The predicted molar refractivity (Wildman–Crippen MR) is 102 cm³/mol. The maximum atomic E-state index is 11.5. The molecule has 2 aromatic carbocycles. The van der Waals surface area contributed by atoms with E-state index in [0.717, 1.165) is 23.2 Å². The number of nitrogens with zero attached hydrogens (tertiary/aromatic N) is 1. The first-order valence-electron chi connectivity index (χ1n) is 9.00. The first-order valence-corrected chi connectivity index (χ1v) is 9.00. The van der Waals surface area contributed by atoms with Gasteiger partial charge in [0.15, 0.2) is 6.61 Å². The fourth-order valence-electron chi connectivity index (χ4n) is 4.26. The van der Waals surface area contributed by atoms with Crippen molar-refractivity contribution in [2.45, 2.75) is 25.3 Å². The molecule has 5 heteroatoms. The Morgan fingerprint density at radius 1 is 1.30 bits per heavy atom. The number of ether oxygens (including phenoxy) is 1. The number of aromatic carboxylic acids is 1. The third kappa shape index (κ3) is 2.93. The van der Waals surface area contributed by atoms with E-state index in [4.69, 9.17) is 10.00 Å². The summed E-state index contributed by atoms with van der Waals surface area (Å²) in [6.45, 7) is 1.89. The molecule has 0 saturated carbocycles. The number of nitrogens with one attached hydrogen (secondary N) is 1. The first-order chi connectivity index (χ1) is 13.1. The topological polar surface area (TPSA) is 82.3 Å². The second-order valence-corrected chi connectivity index (χ2v) is 7.00. The number of carbonyl (C=O) groups is 1. The van der Waals surface area contributed by atoms with Crippen LogP contribution >= 0.6 is 0 Å². The summed E-state index contributed by atoms with van der Waals surface area (Å²) in [7, 11) is 0. The number of hydrogen-bond acceptors (Lipinski definition) is 4. The van der Waals surface area contributed by atoms with Gasteiger partial charge in [0.1, 0.15) is 11.8 Å². The number of hydrogen-bond donors (Lipinski definition) is 2. The minimum atomic E-state index is -0.906. The molecule has 2 aromatic rings. The number of anilines is 1. The van der Waals surface area contributed by atoms with Gasteiger partial charge in [-0.05, 0) is 54.2 Å². The van der Waals surface area contributed by atoms with Gasteiger partial charge in [-0.2, -0.15) is 5.26 Å². The molecule has 5 nitrogen and oxygen atoms in total. The summed E-state index contributed by atoms with van der Waals surface area (Å²) in [5.41, 5.74) is 4.33. The third-order valence-electron chi connectivity index (χ3n) is 5.57. The lowest BCUT2D eigenvalue weighted by Crippen LogP contribution is -2.30. The summed E-state index contributed by atoms with van der Waals surface area (Å²) in [5.74, 6) is 0.430. The van der Waals surface area contributed by atoms with Gasteiger partial charge < -0.3 is 15.2 Å². The summed E-state index contributed by atoms with van der Waals surface area (Å²) in [4.78, 5) is 11.5. The van der Waals surface area contributed by atoms with Crippen molar-refractivity contribution in [1.29, 1.82) is 5.26 Å². The highest BCUT2D eigenvalue weighted by molar-refractivity contribution is 5.92. The Morgan fingerprint density at radius 3 is 2.78 bits per heavy atom. The van der Waals surface area contributed by atoms with Gasteiger partial charge >= 0.3 is 5.97 Å². The molecule has 0 spiro atoms. The molecule has 0 aromatic heterocycles. The lowest BCUT2D eigenvalue weighted by atomic mass is 9.76. The van der Waals surface area contributed by atoms with Crippen LogP contribution in [0.15, 0.2) is 48.6 Å². The molecule has 0 radical (unpaired) electrons. The summed E-state index contributed by atoms with van der Waals surface area (Å²) in [5, 5.41) is 21.7. The second kappa shape index (κ2) is 6.81. The first kappa shape index (κ1) is 17.2. The average Bonchev–Trinajstić information content (AvgIpc) is 3.16. The molecule has 0 unspecified atom stereocenters. The summed E-state index contributed by atoms with van der Waals surface area (Å²) in [6, 6.07) is 13.5. The highest BCUT2D eigenvalue weighted by atomic mass is 16.5. The Labute approximate surface area is 157 Å². The predicted octanol–water partition coefficient (Wildman–Crippen LogP) is 4.42. The monoisotopic (exact) mass is 360 g/mol. The minimum Gasteiger partial charge on any atom is -0.479 e. The van der Waals surface area contributed by atoms with Gasteiger partial charge in [-0.15, -0.1) is 0 Å². The highest BCUT2D eigenvalue weighted by Crippen LogP contribution is 2.51. The zero-order chi connectivity index (χ0) is 19.0. The lowest BCUT2D eigenvalue weighted by molar-refractivity contribution is 0.0696. The molecule has 4 rings (SSSR count). The molecule has 1 aliphatic heterocycles. The van der Waals surface area contributed by atoms with E-state index in [1.165, 1.54) is 5.56 Å². The molecular formula is C22H20N2O3. The number of allylic oxidation sites excluding steroid dienone is 2. The molecule has 0 amide bonds. The number of benzene rings is 2. The van der Waals surface area contributed by atoms with Crippen molar-refractivity contribution in [2.24, 2.45) is 5.92 Å². The van der Waals surface area contributed by atoms with Crippen molar-refractivity contribution in [3.8, 4) is 11.8 Å². The van der Waals surface area contributed by atoms with Gasteiger partial charge in [0.05, 0.1) is 11.6 Å². The van der Waals surface area contributed by atoms with E-state index in [1.807, 2.05) is 43.3 Å². The minimum absolute atomic E-state index is 0.0280. The summed E-state index contributed by atoms with van der Waals surface area (Å²) >= 11 is 0. The quantitative estimate of drug-likeness (QED) is 0.789. The van der Waals surface area contributed by atoms with E-state index in [-0.39, 0.29) is 18.6 Å². The van der Waals surface area contributed by atoms with Gasteiger partial charge in [-0.25, -0.2) is 4.79 Å². The van der Waals surface area contributed by atoms with Gasteiger partial charge in [0.25, 0.3) is 0 Å². The van der Waals surface area contributed by atoms with Gasteiger partial charge in [-0.3, -0.25) is 0 Å². The molecule has 1 heterocycles. The van der Waals surface area contributed by atoms with Crippen LogP contribution in [0.3, 0.4) is 0 Å². The van der Waals surface area contributed by atoms with Crippen LogP contribution in [0, 0.1) is 24.2 Å². The van der Waals surface area contributed by atoms with E-state index < -0.39 is 5.97 Å². The Morgan fingerprint density at radius 2 is 2.07 bits per heavy atom. The summed E-state index contributed by atoms with van der Waals surface area (Å²) in [6.07, 6.45) is 5.43. The zero-order valence-corrected chi connectivity index (χ0v) is 15.0. The molecule has 136 valence electrons. The Bertz CT molecular complexity index is 957. The normalized spacial score (nSPS) is 22.3. The molecular weight excluding hydrogens is 340 g/mol. The van der Waals surface area contributed by atoms with E-state index >= 15 is 0 Å². The molecule has 3 atom stereocenters.